The first kappa shape index (κ1) is 9.76. The van der Waals surface area contributed by atoms with E-state index < -0.39 is 0 Å². The van der Waals surface area contributed by atoms with Crippen LogP contribution in [0.1, 0.15) is 25.5 Å². The minimum absolute atomic E-state index is 0.337. The molecule has 0 aliphatic rings. The zero-order valence-electron chi connectivity index (χ0n) is 8.04. The minimum atomic E-state index is 0.337. The lowest BCUT2D eigenvalue weighted by Gasteiger charge is -2.10. The molecule has 2 nitrogen and oxygen atoms in total. The molecule has 1 rings (SSSR count). The average Bonchev–Trinajstić information content (AvgIpc) is 2.19. The number of aromatic nitrogens is 1. The summed E-state index contributed by atoms with van der Waals surface area (Å²) in [5.74, 6) is 5.82. The molecule has 68 valence electrons. The fraction of sp³-hybridized carbons (Fsp3) is 0.364. The summed E-state index contributed by atoms with van der Waals surface area (Å²) in [6.07, 6.45) is 3.61. The SMILES string of the molecule is CC#CCN[C@@H](C)c1ccncc1. The monoisotopic (exact) mass is 174 g/mol. The van der Waals surface area contributed by atoms with E-state index in [0.717, 1.165) is 6.54 Å². The molecule has 1 heterocycles. The van der Waals surface area contributed by atoms with E-state index in [2.05, 4.69) is 29.1 Å². The molecule has 0 aliphatic heterocycles. The van der Waals surface area contributed by atoms with Gasteiger partial charge in [-0.1, -0.05) is 5.92 Å². The Morgan fingerprint density at radius 3 is 2.77 bits per heavy atom. The van der Waals surface area contributed by atoms with Crippen LogP contribution in [0.5, 0.6) is 0 Å². The molecule has 1 N–H and O–H groups in total. The maximum atomic E-state index is 3.97. The second-order valence-electron chi connectivity index (χ2n) is 2.81. The van der Waals surface area contributed by atoms with E-state index in [4.69, 9.17) is 0 Å². The lowest BCUT2D eigenvalue weighted by molar-refractivity contribution is 0.622. The average molecular weight is 174 g/mol. The highest BCUT2D eigenvalue weighted by molar-refractivity contribution is 5.14. The third-order valence-electron chi connectivity index (χ3n) is 1.88. The number of nitrogens with zero attached hydrogens (tertiary/aromatic N) is 1. The van der Waals surface area contributed by atoms with Crippen LogP contribution < -0.4 is 5.32 Å². The van der Waals surface area contributed by atoms with Gasteiger partial charge in [0.05, 0.1) is 6.54 Å². The quantitative estimate of drug-likeness (QED) is 0.706. The van der Waals surface area contributed by atoms with Gasteiger partial charge in [-0.3, -0.25) is 10.3 Å². The maximum absolute atomic E-state index is 3.97. The van der Waals surface area contributed by atoms with Gasteiger partial charge in [-0.15, -0.1) is 5.92 Å². The topological polar surface area (TPSA) is 24.9 Å². The Hall–Kier alpha value is -1.33. The van der Waals surface area contributed by atoms with E-state index in [9.17, 15) is 0 Å². The van der Waals surface area contributed by atoms with E-state index >= 15 is 0 Å². The lowest BCUT2D eigenvalue weighted by Crippen LogP contribution is -2.18. The fourth-order valence-electron chi connectivity index (χ4n) is 1.06. The molecule has 1 atom stereocenters. The summed E-state index contributed by atoms with van der Waals surface area (Å²) in [6.45, 7) is 4.70. The van der Waals surface area contributed by atoms with Gasteiger partial charge in [0.2, 0.25) is 0 Å². The van der Waals surface area contributed by atoms with E-state index in [1.54, 1.807) is 12.4 Å². The van der Waals surface area contributed by atoms with Crippen LogP contribution in [0.25, 0.3) is 0 Å². The third kappa shape index (κ3) is 3.27. The van der Waals surface area contributed by atoms with Gasteiger partial charge in [0.1, 0.15) is 0 Å². The predicted octanol–water partition coefficient (Wildman–Crippen LogP) is 1.76. The Labute approximate surface area is 79.4 Å². The Bertz CT molecular complexity index is 295. The van der Waals surface area contributed by atoms with E-state index in [-0.39, 0.29) is 0 Å². The van der Waals surface area contributed by atoms with E-state index in [0.29, 0.717) is 6.04 Å². The van der Waals surface area contributed by atoms with Crippen molar-refractivity contribution in [2.24, 2.45) is 0 Å². The van der Waals surface area contributed by atoms with Crippen LogP contribution >= 0.6 is 0 Å². The maximum Gasteiger partial charge on any atom is 0.0581 e. The van der Waals surface area contributed by atoms with Gasteiger partial charge in [0.15, 0.2) is 0 Å². The van der Waals surface area contributed by atoms with Gasteiger partial charge < -0.3 is 0 Å². The summed E-state index contributed by atoms with van der Waals surface area (Å²) in [4.78, 5) is 3.97. The molecule has 0 saturated carbocycles. The molecule has 13 heavy (non-hydrogen) atoms. The van der Waals surface area contributed by atoms with Gasteiger partial charge in [-0.2, -0.15) is 0 Å². The molecule has 0 aromatic carbocycles. The number of nitrogens with one attached hydrogen (secondary N) is 1. The van der Waals surface area contributed by atoms with Gasteiger partial charge in [-0.25, -0.2) is 0 Å². The lowest BCUT2D eigenvalue weighted by atomic mass is 10.1. The zero-order chi connectivity index (χ0) is 9.52. The fourth-order valence-corrected chi connectivity index (χ4v) is 1.06. The summed E-state index contributed by atoms with van der Waals surface area (Å²) < 4.78 is 0. The minimum Gasteiger partial charge on any atom is -0.300 e. The van der Waals surface area contributed by atoms with Crippen molar-refractivity contribution in [3.05, 3.63) is 30.1 Å². The molecule has 0 fully saturated rings. The predicted molar refractivity (Wildman–Crippen MR) is 54.1 cm³/mol. The third-order valence-corrected chi connectivity index (χ3v) is 1.88. The number of pyridine rings is 1. The van der Waals surface area contributed by atoms with Crippen LogP contribution in [0.4, 0.5) is 0 Å². The molecule has 0 bridgehead atoms. The summed E-state index contributed by atoms with van der Waals surface area (Å²) in [7, 11) is 0. The Kier molecular flexibility index (Phi) is 4.01. The van der Waals surface area contributed by atoms with Crippen LogP contribution in [0.15, 0.2) is 24.5 Å². The molecular weight excluding hydrogens is 160 g/mol. The Morgan fingerprint density at radius 1 is 1.46 bits per heavy atom. The van der Waals surface area contributed by atoms with Crippen molar-refractivity contribution in [1.29, 1.82) is 0 Å². The molecule has 0 spiro atoms. The summed E-state index contributed by atoms with van der Waals surface area (Å²) in [6, 6.07) is 4.36. The second kappa shape index (κ2) is 5.34. The smallest absolute Gasteiger partial charge is 0.0581 e. The highest BCUT2D eigenvalue weighted by Crippen LogP contribution is 2.08. The normalized spacial score (nSPS) is 11.5. The second-order valence-corrected chi connectivity index (χ2v) is 2.81. The molecule has 0 radical (unpaired) electrons. The highest BCUT2D eigenvalue weighted by Gasteiger charge is 2.01. The van der Waals surface area contributed by atoms with E-state index in [1.165, 1.54) is 5.56 Å². The summed E-state index contributed by atoms with van der Waals surface area (Å²) >= 11 is 0. The first-order valence-corrected chi connectivity index (χ1v) is 4.37. The van der Waals surface area contributed by atoms with Crippen molar-refractivity contribution in [2.75, 3.05) is 6.54 Å². The van der Waals surface area contributed by atoms with Crippen molar-refractivity contribution in [2.45, 2.75) is 19.9 Å². The molecule has 0 unspecified atom stereocenters. The van der Waals surface area contributed by atoms with Crippen LogP contribution in [0, 0.1) is 11.8 Å². The molecule has 0 aliphatic carbocycles. The zero-order valence-corrected chi connectivity index (χ0v) is 8.04. The summed E-state index contributed by atoms with van der Waals surface area (Å²) in [5, 5.41) is 3.30. The largest absolute Gasteiger partial charge is 0.300 e. The number of rotatable bonds is 3. The molecule has 2 heteroatoms. The number of hydrogen-bond acceptors (Lipinski definition) is 2. The van der Waals surface area contributed by atoms with Crippen molar-refractivity contribution in [3.8, 4) is 11.8 Å². The van der Waals surface area contributed by atoms with Gasteiger partial charge in [-0.05, 0) is 31.5 Å². The van der Waals surface area contributed by atoms with Gasteiger partial charge in [0.25, 0.3) is 0 Å². The molecule has 1 aromatic heterocycles. The molecule has 0 saturated heterocycles. The molecule has 1 aromatic rings. The first-order valence-electron chi connectivity index (χ1n) is 4.37. The van der Waals surface area contributed by atoms with Crippen molar-refractivity contribution < 1.29 is 0 Å². The van der Waals surface area contributed by atoms with Crippen molar-refractivity contribution in [1.82, 2.24) is 10.3 Å². The van der Waals surface area contributed by atoms with Crippen molar-refractivity contribution in [3.63, 3.8) is 0 Å². The standard InChI is InChI=1S/C11H14N2/c1-3-4-7-13-10(2)11-5-8-12-9-6-11/h5-6,8-10,13H,7H2,1-2H3/t10-/m0/s1. The first-order chi connectivity index (χ1) is 6.34. The van der Waals surface area contributed by atoms with Crippen LogP contribution in [-0.2, 0) is 0 Å². The van der Waals surface area contributed by atoms with Crippen molar-refractivity contribution >= 4 is 0 Å². The van der Waals surface area contributed by atoms with Crippen LogP contribution in [0.2, 0.25) is 0 Å². The van der Waals surface area contributed by atoms with E-state index in [1.807, 2.05) is 19.1 Å². The highest BCUT2D eigenvalue weighted by atomic mass is 14.9. The number of hydrogen-bond donors (Lipinski definition) is 1. The van der Waals surface area contributed by atoms with Crippen LogP contribution in [-0.4, -0.2) is 11.5 Å². The van der Waals surface area contributed by atoms with Crippen LogP contribution in [0.3, 0.4) is 0 Å². The van der Waals surface area contributed by atoms with Gasteiger partial charge >= 0.3 is 0 Å². The van der Waals surface area contributed by atoms with Gasteiger partial charge in [0, 0.05) is 18.4 Å². The molecular formula is C11H14N2. The Balaban J connectivity index is 2.47. The molecule has 0 amide bonds. The summed E-state index contributed by atoms with van der Waals surface area (Å²) in [5.41, 5.74) is 1.24. The Morgan fingerprint density at radius 2 is 2.15 bits per heavy atom.